The first kappa shape index (κ1) is 14.4. The van der Waals surface area contributed by atoms with Gasteiger partial charge in [0.05, 0.1) is 12.3 Å². The van der Waals surface area contributed by atoms with Crippen LogP contribution in [0.3, 0.4) is 0 Å². The Labute approximate surface area is 120 Å². The molecule has 0 saturated heterocycles. The van der Waals surface area contributed by atoms with Crippen LogP contribution in [-0.2, 0) is 0 Å². The summed E-state index contributed by atoms with van der Waals surface area (Å²) in [5.74, 6) is 0.615. The highest BCUT2D eigenvalue weighted by molar-refractivity contribution is 5.91. The Bertz CT molecular complexity index is 515. The highest BCUT2D eigenvalue weighted by Crippen LogP contribution is 2.27. The van der Waals surface area contributed by atoms with Crippen LogP contribution in [0.4, 0.5) is 0 Å². The minimum atomic E-state index is -0.157. The lowest BCUT2D eigenvalue weighted by Gasteiger charge is -2.26. The maximum Gasteiger partial charge on any atom is 0.287 e. The van der Waals surface area contributed by atoms with Crippen LogP contribution >= 0.6 is 0 Å². The Morgan fingerprint density at radius 3 is 2.35 bits per heavy atom. The van der Waals surface area contributed by atoms with Gasteiger partial charge in [0.15, 0.2) is 5.76 Å². The topological polar surface area (TPSA) is 42.2 Å². The molecule has 0 spiro atoms. The van der Waals surface area contributed by atoms with Crippen molar-refractivity contribution in [2.24, 2.45) is 5.92 Å². The molecule has 20 heavy (non-hydrogen) atoms. The van der Waals surface area contributed by atoms with E-state index in [1.165, 1.54) is 6.26 Å². The molecule has 1 unspecified atom stereocenters. The van der Waals surface area contributed by atoms with Gasteiger partial charge < -0.3 is 9.73 Å². The quantitative estimate of drug-likeness (QED) is 0.856. The first-order valence-electron chi connectivity index (χ1n) is 7.15. The van der Waals surface area contributed by atoms with Gasteiger partial charge in [0.2, 0.25) is 0 Å². The summed E-state index contributed by atoms with van der Waals surface area (Å²) in [4.78, 5) is 12.2. The minimum absolute atomic E-state index is 0.0174. The van der Waals surface area contributed by atoms with E-state index in [4.69, 9.17) is 4.42 Å². The fraction of sp³-hybridized carbons (Fsp3) is 0.353. The minimum Gasteiger partial charge on any atom is -0.459 e. The van der Waals surface area contributed by atoms with Gasteiger partial charge in [-0.05, 0) is 23.6 Å². The lowest BCUT2D eigenvalue weighted by molar-refractivity contribution is 0.0891. The van der Waals surface area contributed by atoms with Crippen LogP contribution < -0.4 is 5.32 Å². The molecule has 0 aliphatic rings. The van der Waals surface area contributed by atoms with Crippen molar-refractivity contribution in [3.8, 4) is 0 Å². The Hall–Kier alpha value is -2.03. The van der Waals surface area contributed by atoms with E-state index < -0.39 is 0 Å². The van der Waals surface area contributed by atoms with E-state index in [-0.39, 0.29) is 11.9 Å². The maximum atomic E-state index is 12.2. The molecule has 1 heterocycles. The molecule has 0 saturated carbocycles. The van der Waals surface area contributed by atoms with Crippen molar-refractivity contribution in [1.29, 1.82) is 0 Å². The van der Waals surface area contributed by atoms with Gasteiger partial charge in [0.25, 0.3) is 5.91 Å². The second-order valence-electron chi connectivity index (χ2n) is 4.92. The number of hydrogen-bond donors (Lipinski definition) is 1. The van der Waals surface area contributed by atoms with Crippen molar-refractivity contribution < 1.29 is 9.21 Å². The van der Waals surface area contributed by atoms with Crippen molar-refractivity contribution in [1.82, 2.24) is 5.32 Å². The van der Waals surface area contributed by atoms with E-state index >= 15 is 0 Å². The number of nitrogens with one attached hydrogen (secondary N) is 1. The lowest BCUT2D eigenvalue weighted by Crippen LogP contribution is -2.33. The third kappa shape index (κ3) is 3.29. The van der Waals surface area contributed by atoms with E-state index in [0.717, 1.165) is 18.4 Å². The number of amides is 1. The van der Waals surface area contributed by atoms with Crippen LogP contribution in [0.2, 0.25) is 0 Å². The molecule has 1 aromatic carbocycles. The maximum absolute atomic E-state index is 12.2. The van der Waals surface area contributed by atoms with Gasteiger partial charge in [-0.25, -0.2) is 0 Å². The van der Waals surface area contributed by atoms with Crippen LogP contribution in [-0.4, -0.2) is 5.91 Å². The SMILES string of the molecule is CCC(CC)C(NC(=O)c1ccco1)c1ccccc1. The molecule has 2 rings (SSSR count). The van der Waals surface area contributed by atoms with Gasteiger partial charge in [0, 0.05) is 0 Å². The molecule has 1 N–H and O–H groups in total. The van der Waals surface area contributed by atoms with Gasteiger partial charge in [-0.2, -0.15) is 0 Å². The van der Waals surface area contributed by atoms with Crippen molar-refractivity contribution in [2.75, 3.05) is 0 Å². The van der Waals surface area contributed by atoms with Crippen molar-refractivity contribution in [3.05, 3.63) is 60.1 Å². The molecule has 0 aliphatic carbocycles. The molecule has 106 valence electrons. The summed E-state index contributed by atoms with van der Waals surface area (Å²) >= 11 is 0. The molecule has 0 radical (unpaired) electrons. The Balaban J connectivity index is 2.21. The second kappa shape index (κ2) is 6.94. The van der Waals surface area contributed by atoms with Crippen LogP contribution in [0.15, 0.2) is 53.1 Å². The summed E-state index contributed by atoms with van der Waals surface area (Å²) in [5.41, 5.74) is 1.14. The van der Waals surface area contributed by atoms with Crippen molar-refractivity contribution in [2.45, 2.75) is 32.7 Å². The molecule has 0 bridgehead atoms. The molecule has 0 aliphatic heterocycles. The predicted molar refractivity (Wildman–Crippen MR) is 79.4 cm³/mol. The highest BCUT2D eigenvalue weighted by atomic mass is 16.3. The summed E-state index contributed by atoms with van der Waals surface area (Å²) in [6.45, 7) is 4.31. The zero-order valence-electron chi connectivity index (χ0n) is 12.0. The first-order valence-corrected chi connectivity index (χ1v) is 7.15. The molecule has 3 nitrogen and oxygen atoms in total. The number of furan rings is 1. The fourth-order valence-corrected chi connectivity index (χ4v) is 2.51. The van der Waals surface area contributed by atoms with Gasteiger partial charge in [-0.15, -0.1) is 0 Å². The first-order chi connectivity index (χ1) is 9.76. The smallest absolute Gasteiger partial charge is 0.287 e. The molecular weight excluding hydrogens is 250 g/mol. The molecular formula is C17H21NO2. The van der Waals surface area contributed by atoms with E-state index in [0.29, 0.717) is 11.7 Å². The van der Waals surface area contributed by atoms with E-state index in [1.54, 1.807) is 12.1 Å². The number of hydrogen-bond acceptors (Lipinski definition) is 2. The predicted octanol–water partition coefficient (Wildman–Crippen LogP) is 4.19. The summed E-state index contributed by atoms with van der Waals surface area (Å²) < 4.78 is 5.17. The summed E-state index contributed by atoms with van der Waals surface area (Å²) in [6, 6.07) is 13.5. The van der Waals surface area contributed by atoms with E-state index in [9.17, 15) is 4.79 Å². The lowest BCUT2D eigenvalue weighted by atomic mass is 9.88. The number of rotatable bonds is 6. The van der Waals surface area contributed by atoms with Crippen LogP contribution in [0.1, 0.15) is 48.8 Å². The molecule has 0 fully saturated rings. The fourth-order valence-electron chi connectivity index (χ4n) is 2.51. The molecule has 1 amide bonds. The average molecular weight is 271 g/mol. The van der Waals surface area contributed by atoms with Crippen LogP contribution in [0, 0.1) is 5.92 Å². The van der Waals surface area contributed by atoms with Gasteiger partial charge in [-0.3, -0.25) is 4.79 Å². The number of benzene rings is 1. The zero-order valence-corrected chi connectivity index (χ0v) is 12.0. The van der Waals surface area contributed by atoms with E-state index in [1.807, 2.05) is 18.2 Å². The van der Waals surface area contributed by atoms with E-state index in [2.05, 4.69) is 31.3 Å². The third-order valence-corrected chi connectivity index (χ3v) is 3.71. The highest BCUT2D eigenvalue weighted by Gasteiger charge is 2.23. The zero-order chi connectivity index (χ0) is 14.4. The van der Waals surface area contributed by atoms with Gasteiger partial charge in [-0.1, -0.05) is 57.0 Å². The van der Waals surface area contributed by atoms with Crippen molar-refractivity contribution >= 4 is 5.91 Å². The largest absolute Gasteiger partial charge is 0.459 e. The molecule has 2 aromatic rings. The Kier molecular flexibility index (Phi) is 4.99. The van der Waals surface area contributed by atoms with Crippen LogP contribution in [0.5, 0.6) is 0 Å². The number of carbonyl (C=O) groups is 1. The Morgan fingerprint density at radius 2 is 1.80 bits per heavy atom. The summed E-state index contributed by atoms with van der Waals surface area (Å²) in [6.07, 6.45) is 3.56. The third-order valence-electron chi connectivity index (χ3n) is 3.71. The summed E-state index contributed by atoms with van der Waals surface area (Å²) in [5, 5.41) is 3.10. The monoisotopic (exact) mass is 271 g/mol. The molecule has 1 aromatic heterocycles. The van der Waals surface area contributed by atoms with Crippen molar-refractivity contribution in [3.63, 3.8) is 0 Å². The number of carbonyl (C=O) groups excluding carboxylic acids is 1. The standard InChI is InChI=1S/C17H21NO2/c1-3-13(4-2)16(14-9-6-5-7-10-14)18-17(19)15-11-8-12-20-15/h5-13,16H,3-4H2,1-2H3,(H,18,19). The second-order valence-corrected chi connectivity index (χ2v) is 4.92. The molecule has 1 atom stereocenters. The summed E-state index contributed by atoms with van der Waals surface area (Å²) in [7, 11) is 0. The normalized spacial score (nSPS) is 12.3. The van der Waals surface area contributed by atoms with Gasteiger partial charge in [0.1, 0.15) is 0 Å². The molecule has 3 heteroatoms. The average Bonchev–Trinajstić information content (AvgIpc) is 3.02. The van der Waals surface area contributed by atoms with Gasteiger partial charge >= 0.3 is 0 Å². The Morgan fingerprint density at radius 1 is 1.10 bits per heavy atom. The van der Waals surface area contributed by atoms with Crippen LogP contribution in [0.25, 0.3) is 0 Å².